The number of fused-ring (bicyclic) bond motifs is 4. The largest absolute Gasteiger partial charge is 0.389 e. The van der Waals surface area contributed by atoms with Crippen LogP contribution in [-0.2, 0) is 56.8 Å². The van der Waals surface area contributed by atoms with Gasteiger partial charge in [0.05, 0.1) is 85.2 Å². The van der Waals surface area contributed by atoms with E-state index in [1.165, 1.54) is 9.80 Å². The lowest BCUT2D eigenvalue weighted by Gasteiger charge is -2.50. The van der Waals surface area contributed by atoms with E-state index in [4.69, 9.17) is 56.8 Å². The smallest absolute Gasteiger partial charge is 0.188 e. The molecule has 0 radical (unpaired) electrons. The molecule has 0 aromatic heterocycles. The van der Waals surface area contributed by atoms with Gasteiger partial charge in [-0.25, -0.2) is 0 Å². The summed E-state index contributed by atoms with van der Waals surface area (Å²) in [6, 6.07) is -7.38. The van der Waals surface area contributed by atoms with E-state index in [1.54, 1.807) is 55.4 Å². The van der Waals surface area contributed by atoms with Gasteiger partial charge >= 0.3 is 0 Å². The van der Waals surface area contributed by atoms with Crippen molar-refractivity contribution < 1.29 is 92.6 Å². The molecule has 7 N–H and O–H groups in total. The second-order valence-electron chi connectivity index (χ2n) is 22.1. The molecule has 33 nitrogen and oxygen atoms in total. The monoisotopic (exact) mass is 1070 g/mol. The Hall–Kier alpha value is -3.60. The van der Waals surface area contributed by atoms with Gasteiger partial charge in [0.25, 0.3) is 0 Å². The van der Waals surface area contributed by atoms with Crippen molar-refractivity contribution in [2.75, 3.05) is 26.2 Å². The Morgan fingerprint density at radius 1 is 0.413 bits per heavy atom. The van der Waals surface area contributed by atoms with Crippen molar-refractivity contribution in [2.45, 2.75) is 238 Å². The van der Waals surface area contributed by atoms with Crippen LogP contribution in [0.15, 0.2) is 20.5 Å². The molecule has 75 heavy (non-hydrogen) atoms. The normalized spacial score (nSPS) is 45.1. The van der Waals surface area contributed by atoms with Crippen LogP contribution in [0, 0.1) is 0 Å². The number of nitrogens with zero attached hydrogens (tertiary/aromatic N) is 14. The van der Waals surface area contributed by atoms with Gasteiger partial charge < -0.3 is 92.6 Å². The van der Waals surface area contributed by atoms with Crippen molar-refractivity contribution in [3.05, 3.63) is 41.8 Å². The Bertz CT molecular complexity index is 2000. The minimum absolute atomic E-state index is 0.375. The highest BCUT2D eigenvalue weighted by Crippen LogP contribution is 2.45. The molecular weight excluding hydrogens is 1000 g/mol. The topological polar surface area (TPSA) is 454 Å². The Kier molecular flexibility index (Phi) is 15.9. The highest BCUT2D eigenvalue weighted by molar-refractivity contribution is 5.09. The number of hydrogen-bond acceptors (Lipinski definition) is 25. The molecule has 0 amide bonds. The van der Waals surface area contributed by atoms with E-state index in [-0.39, 0.29) is 6.42 Å². The van der Waals surface area contributed by atoms with Crippen molar-refractivity contribution in [3.8, 4) is 0 Å². The number of rotatable bonds is 18. The minimum Gasteiger partial charge on any atom is -0.389 e. The van der Waals surface area contributed by atoms with E-state index in [0.29, 0.717) is 0 Å². The molecule has 9 aliphatic rings. The minimum atomic E-state index is -2.02. The molecule has 418 valence electrons. The summed E-state index contributed by atoms with van der Waals surface area (Å²) in [5.74, 6) is -4.57. The summed E-state index contributed by atoms with van der Waals surface area (Å²) in [7, 11) is 0. The van der Waals surface area contributed by atoms with Crippen molar-refractivity contribution in [1.29, 1.82) is 0 Å². The lowest BCUT2D eigenvalue weighted by Crippen LogP contribution is -2.67. The van der Waals surface area contributed by atoms with E-state index >= 15 is 0 Å². The lowest BCUT2D eigenvalue weighted by atomic mass is 9.81. The maximum absolute atomic E-state index is 12.1. The van der Waals surface area contributed by atoms with E-state index in [1.807, 2.05) is 0 Å². The molecule has 1 saturated carbocycles. The third-order valence-corrected chi connectivity index (χ3v) is 15.1. The van der Waals surface area contributed by atoms with Crippen LogP contribution >= 0.6 is 0 Å². The van der Waals surface area contributed by atoms with Crippen LogP contribution in [0.4, 0.5) is 0 Å². The first-order valence-electron chi connectivity index (χ1n) is 24.7. The maximum Gasteiger partial charge on any atom is 0.188 e. The predicted octanol–water partition coefficient (Wildman–Crippen LogP) is -0.521. The quantitative estimate of drug-likeness (QED) is 0.0516. The van der Waals surface area contributed by atoms with Crippen LogP contribution < -0.4 is 0 Å². The highest BCUT2D eigenvalue weighted by Gasteiger charge is 2.61. The van der Waals surface area contributed by atoms with Crippen LogP contribution in [0.5, 0.6) is 0 Å². The van der Waals surface area contributed by atoms with Gasteiger partial charge in [0, 0.05) is 57.9 Å². The first-order chi connectivity index (χ1) is 35.3. The molecule has 0 spiro atoms. The van der Waals surface area contributed by atoms with E-state index in [2.05, 4.69) is 40.1 Å². The molecular formula is C42H66N14O19. The fourth-order valence-electron chi connectivity index (χ4n) is 12.1. The zero-order valence-corrected chi connectivity index (χ0v) is 42.3. The van der Waals surface area contributed by atoms with Gasteiger partial charge in [-0.15, -0.1) is 0 Å². The van der Waals surface area contributed by atoms with Crippen LogP contribution in [0.2, 0.25) is 0 Å². The van der Waals surface area contributed by atoms with Gasteiger partial charge in [0.15, 0.2) is 48.3 Å². The Labute approximate surface area is 428 Å². The first-order valence-corrected chi connectivity index (χ1v) is 24.7. The summed E-state index contributed by atoms with van der Waals surface area (Å²) in [6.45, 7) is 10.9. The first kappa shape index (κ1) is 56.1. The number of aliphatic hydroxyl groups is 7. The van der Waals surface area contributed by atoms with Crippen molar-refractivity contribution in [2.24, 2.45) is 20.5 Å². The summed E-state index contributed by atoms with van der Waals surface area (Å²) >= 11 is 0. The fourth-order valence-corrected chi connectivity index (χ4v) is 12.1. The van der Waals surface area contributed by atoms with Gasteiger partial charge in [-0.05, 0) is 83.9 Å². The zero-order chi connectivity index (χ0) is 54.3. The third kappa shape index (κ3) is 11.1. The Balaban J connectivity index is 1.04. The molecule has 24 atom stereocenters. The van der Waals surface area contributed by atoms with E-state index in [9.17, 15) is 57.9 Å². The summed E-state index contributed by atoms with van der Waals surface area (Å²) in [5, 5.41) is 100. The van der Waals surface area contributed by atoms with E-state index < -0.39 is 202 Å². The fraction of sp³-hybridized carbons (Fsp3) is 1.00. The standard InChI is InChI=1S/C42H66N14O19/c1-39(2)68-31-20(47-51-43)27(64-35(31)72-39)16(57)10-55(11-17(58)28-21(48-52-44)32-36(65-28)73-40(3,4)69-32)14-9-15(25(62)26(63)24(14)61)56(12-18(59)29-22(49-53-45)33-37(66-29)74-41(5,6)70-33)13-19(60)30-23(50-54-46)34-38(67-30)75-42(7,8)71-34/h14-38,57-63H,9-13H2,1-8H3. The molecule has 0 aromatic rings. The zero-order valence-electron chi connectivity index (χ0n) is 42.3. The number of ether oxygens (including phenoxy) is 12. The molecule has 1 aliphatic carbocycles. The molecule has 8 saturated heterocycles. The van der Waals surface area contributed by atoms with Crippen molar-refractivity contribution >= 4 is 0 Å². The summed E-state index contributed by atoms with van der Waals surface area (Å²) in [5.41, 5.74) is 38.5. The van der Waals surface area contributed by atoms with Gasteiger partial charge in [0.2, 0.25) is 0 Å². The summed E-state index contributed by atoms with van der Waals surface area (Å²) in [4.78, 5) is 14.6. The average molecular weight is 1070 g/mol. The molecule has 33 heteroatoms. The van der Waals surface area contributed by atoms with Gasteiger partial charge in [-0.1, -0.05) is 20.5 Å². The van der Waals surface area contributed by atoms with Crippen molar-refractivity contribution in [3.63, 3.8) is 0 Å². The molecule has 0 bridgehead atoms. The number of hydrogen-bond donors (Lipinski definition) is 7. The molecule has 8 heterocycles. The second kappa shape index (κ2) is 21.2. The van der Waals surface area contributed by atoms with Gasteiger partial charge in [-0.3, -0.25) is 9.80 Å². The van der Waals surface area contributed by atoms with Crippen molar-refractivity contribution in [1.82, 2.24) is 9.80 Å². The van der Waals surface area contributed by atoms with Crippen LogP contribution in [0.1, 0.15) is 61.8 Å². The van der Waals surface area contributed by atoms with Crippen LogP contribution in [-0.4, -0.2) is 248 Å². The molecule has 9 fully saturated rings. The Morgan fingerprint density at radius 2 is 0.640 bits per heavy atom. The lowest BCUT2D eigenvalue weighted by molar-refractivity contribution is -0.223. The predicted molar refractivity (Wildman–Crippen MR) is 244 cm³/mol. The Morgan fingerprint density at radius 3 is 0.853 bits per heavy atom. The third-order valence-electron chi connectivity index (χ3n) is 15.1. The molecule has 0 aromatic carbocycles. The summed E-state index contributed by atoms with van der Waals surface area (Å²) in [6.07, 6.45) is -26.1. The second-order valence-corrected chi connectivity index (χ2v) is 22.1. The van der Waals surface area contributed by atoms with Crippen LogP contribution in [0.25, 0.3) is 41.8 Å². The van der Waals surface area contributed by atoms with E-state index in [0.717, 1.165) is 0 Å². The van der Waals surface area contributed by atoms with Gasteiger partial charge in [0.1, 0.15) is 30.5 Å². The molecule has 24 unspecified atom stereocenters. The van der Waals surface area contributed by atoms with Gasteiger partial charge in [-0.2, -0.15) is 0 Å². The SMILES string of the molecule is CC1(C)OC2OC(C(O)CN(CC(O)C3OC4OC(C)(C)OC4C3N=[N+]=[N-])C3CC(N(CC(O)C4OC5OC(C)(C)OC5C4N=[N+]=[N-])CC(O)C4OC5OC(C)(C)OC5C4N=[N+]=[N-])C(O)C(O)C3O)C(N=[N+]=[N-])C2O1. The molecule has 8 aliphatic heterocycles. The average Bonchev–Trinajstić information content (AvgIpc) is 4.20. The van der Waals surface area contributed by atoms with Crippen LogP contribution in [0.3, 0.4) is 0 Å². The molecule has 9 rings (SSSR count). The maximum atomic E-state index is 12.1. The highest BCUT2D eigenvalue weighted by atomic mass is 16.9. The number of azide groups is 4. The number of aliphatic hydroxyl groups excluding tert-OH is 7. The summed E-state index contributed by atoms with van der Waals surface area (Å²) < 4.78 is 71.8.